The van der Waals surface area contributed by atoms with Gasteiger partial charge in [-0.3, -0.25) is 9.59 Å². The molecule has 35 heavy (non-hydrogen) atoms. The van der Waals surface area contributed by atoms with Gasteiger partial charge in [0, 0.05) is 53.7 Å². The fraction of sp³-hybridized carbons (Fsp3) is 0.310. The Morgan fingerprint density at radius 3 is 1.94 bits per heavy atom. The van der Waals surface area contributed by atoms with E-state index in [2.05, 4.69) is 15.5 Å². The number of aliphatic hydroxyl groups excluding tert-OH is 1. The van der Waals surface area contributed by atoms with E-state index in [9.17, 15) is 14.7 Å². The maximum atomic E-state index is 12.8. The van der Waals surface area contributed by atoms with Crippen molar-refractivity contribution in [3.05, 3.63) is 89.5 Å². The SMILES string of the molecule is O=C(Cc1ccc(Nc2ccc(C(=O)NC3CC3)cc2)cc1)c1ccc(N2CCC(O)CC2)cc1. The summed E-state index contributed by atoms with van der Waals surface area (Å²) in [5, 5.41) is 16.0. The Bertz CT molecular complexity index is 1160. The summed E-state index contributed by atoms with van der Waals surface area (Å²) < 4.78 is 0. The number of amides is 1. The van der Waals surface area contributed by atoms with E-state index in [0.717, 1.165) is 61.4 Å². The number of carbonyl (C=O) groups excluding carboxylic acids is 2. The molecule has 0 spiro atoms. The van der Waals surface area contributed by atoms with Crippen molar-refractivity contribution in [3.8, 4) is 0 Å². The molecule has 2 aliphatic rings. The Hall–Kier alpha value is -3.64. The molecule has 3 aromatic rings. The minimum atomic E-state index is -0.195. The van der Waals surface area contributed by atoms with Gasteiger partial charge in [-0.2, -0.15) is 0 Å². The van der Waals surface area contributed by atoms with Crippen LogP contribution in [-0.4, -0.2) is 42.0 Å². The normalized spacial score (nSPS) is 16.1. The van der Waals surface area contributed by atoms with Gasteiger partial charge in [0.1, 0.15) is 0 Å². The Kier molecular flexibility index (Phi) is 6.82. The topological polar surface area (TPSA) is 81.7 Å². The zero-order chi connectivity index (χ0) is 24.2. The van der Waals surface area contributed by atoms with Crippen molar-refractivity contribution in [1.29, 1.82) is 0 Å². The van der Waals surface area contributed by atoms with Gasteiger partial charge in [-0.25, -0.2) is 0 Å². The van der Waals surface area contributed by atoms with Crippen molar-refractivity contribution in [1.82, 2.24) is 5.32 Å². The van der Waals surface area contributed by atoms with Gasteiger partial charge in [0.2, 0.25) is 0 Å². The van der Waals surface area contributed by atoms with E-state index in [1.807, 2.05) is 72.8 Å². The van der Waals surface area contributed by atoms with E-state index in [0.29, 0.717) is 23.6 Å². The molecule has 3 N–H and O–H groups in total. The predicted molar refractivity (Wildman–Crippen MR) is 139 cm³/mol. The number of hydrogen-bond acceptors (Lipinski definition) is 5. The molecule has 1 amide bonds. The van der Waals surface area contributed by atoms with Crippen molar-refractivity contribution in [2.75, 3.05) is 23.3 Å². The fourth-order valence-electron chi connectivity index (χ4n) is 4.34. The second-order valence-corrected chi connectivity index (χ2v) is 9.51. The molecule has 0 unspecified atom stereocenters. The van der Waals surface area contributed by atoms with Crippen molar-refractivity contribution >= 4 is 28.8 Å². The van der Waals surface area contributed by atoms with Gasteiger partial charge < -0.3 is 20.6 Å². The van der Waals surface area contributed by atoms with Crippen molar-refractivity contribution in [2.24, 2.45) is 0 Å². The number of nitrogens with one attached hydrogen (secondary N) is 2. The third kappa shape index (κ3) is 6.08. The van der Waals surface area contributed by atoms with Crippen LogP contribution in [0.1, 0.15) is 52.0 Å². The van der Waals surface area contributed by atoms with E-state index < -0.39 is 0 Å². The Morgan fingerprint density at radius 1 is 0.771 bits per heavy atom. The smallest absolute Gasteiger partial charge is 0.251 e. The van der Waals surface area contributed by atoms with Gasteiger partial charge in [0.25, 0.3) is 5.91 Å². The lowest BCUT2D eigenvalue weighted by molar-refractivity contribution is 0.0949. The van der Waals surface area contributed by atoms with Gasteiger partial charge in [-0.1, -0.05) is 12.1 Å². The summed E-state index contributed by atoms with van der Waals surface area (Å²) in [6, 6.07) is 23.4. The van der Waals surface area contributed by atoms with Gasteiger partial charge in [-0.05, 0) is 91.9 Å². The first-order chi connectivity index (χ1) is 17.0. The Morgan fingerprint density at radius 2 is 1.34 bits per heavy atom. The van der Waals surface area contributed by atoms with E-state index in [1.54, 1.807) is 0 Å². The molecule has 0 aromatic heterocycles. The highest BCUT2D eigenvalue weighted by atomic mass is 16.3. The zero-order valence-corrected chi connectivity index (χ0v) is 19.7. The van der Waals surface area contributed by atoms with Crippen LogP contribution in [0.5, 0.6) is 0 Å². The molecule has 6 nitrogen and oxygen atoms in total. The molecular formula is C29H31N3O3. The summed E-state index contributed by atoms with van der Waals surface area (Å²) in [5.41, 5.74) is 5.26. The molecule has 0 bridgehead atoms. The highest BCUT2D eigenvalue weighted by molar-refractivity contribution is 5.98. The molecule has 2 fully saturated rings. The average molecular weight is 470 g/mol. The van der Waals surface area contributed by atoms with Crippen LogP contribution in [0, 0.1) is 0 Å². The van der Waals surface area contributed by atoms with Crippen LogP contribution in [0.3, 0.4) is 0 Å². The molecule has 0 radical (unpaired) electrons. The number of rotatable bonds is 8. The van der Waals surface area contributed by atoms with E-state index >= 15 is 0 Å². The quantitative estimate of drug-likeness (QED) is 0.416. The van der Waals surface area contributed by atoms with Gasteiger partial charge in [0.15, 0.2) is 5.78 Å². The largest absolute Gasteiger partial charge is 0.393 e. The van der Waals surface area contributed by atoms with Crippen LogP contribution in [0.15, 0.2) is 72.8 Å². The minimum absolute atomic E-state index is 0.0194. The number of nitrogens with zero attached hydrogens (tertiary/aromatic N) is 1. The number of carbonyl (C=O) groups is 2. The maximum absolute atomic E-state index is 12.8. The number of benzene rings is 3. The minimum Gasteiger partial charge on any atom is -0.393 e. The third-order valence-corrected chi connectivity index (χ3v) is 6.69. The fourth-order valence-corrected chi connectivity index (χ4v) is 4.34. The predicted octanol–water partition coefficient (Wildman–Crippen LogP) is 4.71. The first-order valence-electron chi connectivity index (χ1n) is 12.4. The summed E-state index contributed by atoms with van der Waals surface area (Å²) in [7, 11) is 0. The first kappa shape index (κ1) is 23.1. The summed E-state index contributed by atoms with van der Waals surface area (Å²) in [5.74, 6) is 0.0698. The van der Waals surface area contributed by atoms with Gasteiger partial charge >= 0.3 is 0 Å². The number of aliphatic hydroxyl groups is 1. The molecular weight excluding hydrogens is 438 g/mol. The van der Waals surface area contributed by atoms with E-state index in [-0.39, 0.29) is 17.8 Å². The van der Waals surface area contributed by atoms with Crippen LogP contribution in [0.25, 0.3) is 0 Å². The molecule has 1 saturated heterocycles. The van der Waals surface area contributed by atoms with Crippen LogP contribution >= 0.6 is 0 Å². The summed E-state index contributed by atoms with van der Waals surface area (Å²) >= 11 is 0. The summed E-state index contributed by atoms with van der Waals surface area (Å²) in [6.45, 7) is 1.68. The van der Waals surface area contributed by atoms with Crippen LogP contribution < -0.4 is 15.5 Å². The highest BCUT2D eigenvalue weighted by Crippen LogP contribution is 2.23. The lowest BCUT2D eigenvalue weighted by Gasteiger charge is -2.31. The first-order valence-corrected chi connectivity index (χ1v) is 12.4. The van der Waals surface area contributed by atoms with Gasteiger partial charge in [-0.15, -0.1) is 0 Å². The zero-order valence-electron chi connectivity index (χ0n) is 19.7. The lowest BCUT2D eigenvalue weighted by atomic mass is 10.0. The molecule has 1 saturated carbocycles. The molecule has 3 aromatic carbocycles. The second kappa shape index (κ2) is 10.3. The van der Waals surface area contributed by atoms with Crippen LogP contribution in [-0.2, 0) is 6.42 Å². The molecule has 5 rings (SSSR count). The molecule has 1 aliphatic heterocycles. The molecule has 6 heteroatoms. The van der Waals surface area contributed by atoms with Crippen molar-refractivity contribution < 1.29 is 14.7 Å². The average Bonchev–Trinajstić information content (AvgIpc) is 3.70. The highest BCUT2D eigenvalue weighted by Gasteiger charge is 2.23. The number of Topliss-reactive ketones (excluding diaryl/α,β-unsaturated/α-hetero) is 1. The monoisotopic (exact) mass is 469 g/mol. The molecule has 1 heterocycles. The van der Waals surface area contributed by atoms with Crippen LogP contribution in [0.4, 0.5) is 17.1 Å². The maximum Gasteiger partial charge on any atom is 0.251 e. The number of hydrogen-bond donors (Lipinski definition) is 3. The summed E-state index contributed by atoms with van der Waals surface area (Å²) in [6.07, 6.45) is 3.87. The number of ketones is 1. The third-order valence-electron chi connectivity index (χ3n) is 6.69. The van der Waals surface area contributed by atoms with E-state index in [4.69, 9.17) is 0 Å². The second-order valence-electron chi connectivity index (χ2n) is 9.51. The number of anilines is 3. The lowest BCUT2D eigenvalue weighted by Crippen LogP contribution is -2.35. The Labute approximate surface area is 206 Å². The number of piperidine rings is 1. The van der Waals surface area contributed by atoms with Crippen molar-refractivity contribution in [2.45, 2.75) is 44.2 Å². The molecule has 180 valence electrons. The standard InChI is InChI=1S/C29H31N3O3/c33-27-15-17-32(18-16-27)26-13-5-21(6-14-26)28(34)19-20-1-7-23(8-2-20)30-24-9-3-22(4-10-24)29(35)31-25-11-12-25/h1-10,13-14,25,27,30,33H,11-12,15-19H2,(H,31,35). The van der Waals surface area contributed by atoms with Crippen LogP contribution in [0.2, 0.25) is 0 Å². The van der Waals surface area contributed by atoms with Gasteiger partial charge in [0.05, 0.1) is 6.10 Å². The van der Waals surface area contributed by atoms with E-state index in [1.165, 1.54) is 0 Å². The summed E-state index contributed by atoms with van der Waals surface area (Å²) in [4.78, 5) is 27.2. The van der Waals surface area contributed by atoms with Crippen molar-refractivity contribution in [3.63, 3.8) is 0 Å². The molecule has 1 aliphatic carbocycles. The molecule has 0 atom stereocenters. The Balaban J connectivity index is 1.14.